The van der Waals surface area contributed by atoms with Gasteiger partial charge in [-0.1, -0.05) is 0 Å². The summed E-state index contributed by atoms with van der Waals surface area (Å²) in [7, 11) is 1.84. The van der Waals surface area contributed by atoms with Crippen molar-refractivity contribution in [2.45, 2.75) is 26.1 Å². The first-order valence-electron chi connectivity index (χ1n) is 4.38. The van der Waals surface area contributed by atoms with Gasteiger partial charge in [0, 0.05) is 7.05 Å². The average molecular weight is 252 g/mol. The predicted octanol–water partition coefficient (Wildman–Crippen LogP) is 2.02. The van der Waals surface area contributed by atoms with Crippen molar-refractivity contribution in [3.05, 3.63) is 11.4 Å². The summed E-state index contributed by atoms with van der Waals surface area (Å²) in [4.78, 5) is 11.3. The second kappa shape index (κ2) is 5.37. The zero-order chi connectivity index (χ0) is 10.9. The molecular formula is C9H15Cl2N3O. The van der Waals surface area contributed by atoms with Crippen molar-refractivity contribution in [2.24, 2.45) is 7.05 Å². The molecule has 1 aromatic rings. The van der Waals surface area contributed by atoms with Gasteiger partial charge in [-0.2, -0.15) is 5.10 Å². The minimum Gasteiger partial charge on any atom is -0.322 e. The first-order valence-corrected chi connectivity index (χ1v) is 4.82. The average Bonchev–Trinajstić information content (AvgIpc) is 2.32. The lowest BCUT2D eigenvalue weighted by Crippen LogP contribution is -2.21. The molecule has 1 heterocycles. The highest BCUT2D eigenvalue weighted by atomic mass is 35.5. The number of carbonyl (C=O) groups is 1. The van der Waals surface area contributed by atoms with Crippen LogP contribution < -0.4 is 5.32 Å². The Hall–Kier alpha value is -0.740. The Morgan fingerprint density at radius 2 is 2.07 bits per heavy atom. The topological polar surface area (TPSA) is 46.9 Å². The third-order valence-electron chi connectivity index (χ3n) is 2.12. The van der Waals surface area contributed by atoms with Crippen molar-refractivity contribution >= 4 is 35.6 Å². The number of aryl methyl sites for hydroxylation is 2. The van der Waals surface area contributed by atoms with Crippen molar-refractivity contribution in [3.8, 4) is 0 Å². The van der Waals surface area contributed by atoms with E-state index in [4.69, 9.17) is 11.6 Å². The Morgan fingerprint density at radius 3 is 2.40 bits per heavy atom. The maximum Gasteiger partial charge on any atom is 0.242 e. The minimum atomic E-state index is -0.533. The molecular weight excluding hydrogens is 237 g/mol. The first-order chi connectivity index (χ1) is 6.43. The lowest BCUT2D eigenvalue weighted by atomic mass is 10.3. The van der Waals surface area contributed by atoms with E-state index >= 15 is 0 Å². The zero-order valence-electron chi connectivity index (χ0n) is 9.17. The highest BCUT2D eigenvalue weighted by Gasteiger charge is 2.15. The van der Waals surface area contributed by atoms with E-state index in [0.717, 1.165) is 17.1 Å². The molecule has 0 aliphatic heterocycles. The van der Waals surface area contributed by atoms with E-state index in [1.807, 2.05) is 20.9 Å². The molecule has 0 aliphatic carbocycles. The fourth-order valence-electron chi connectivity index (χ4n) is 1.18. The molecule has 1 amide bonds. The fraction of sp³-hybridized carbons (Fsp3) is 0.556. The fourth-order valence-corrected chi connectivity index (χ4v) is 1.23. The van der Waals surface area contributed by atoms with Crippen molar-refractivity contribution in [3.63, 3.8) is 0 Å². The second-order valence-electron chi connectivity index (χ2n) is 3.27. The van der Waals surface area contributed by atoms with E-state index in [1.165, 1.54) is 0 Å². The van der Waals surface area contributed by atoms with Gasteiger partial charge in [-0.3, -0.25) is 9.48 Å². The standard InChI is InChI=1S/C9H14ClN3O.ClH/c1-5(10)9(14)11-8-6(2)12-13(4)7(8)3;/h5H,1-4H3,(H,11,14);1H. The summed E-state index contributed by atoms with van der Waals surface area (Å²) in [6.45, 7) is 5.38. The molecule has 0 fully saturated rings. The van der Waals surface area contributed by atoms with Crippen LogP contribution in [0.15, 0.2) is 0 Å². The second-order valence-corrected chi connectivity index (χ2v) is 3.93. The third kappa shape index (κ3) is 3.11. The molecule has 6 heteroatoms. The minimum absolute atomic E-state index is 0. The Balaban J connectivity index is 0.00000196. The van der Waals surface area contributed by atoms with Crippen molar-refractivity contribution in [1.82, 2.24) is 9.78 Å². The molecule has 1 rings (SSSR count). The van der Waals surface area contributed by atoms with Crippen LogP contribution >= 0.6 is 24.0 Å². The van der Waals surface area contributed by atoms with E-state index in [0.29, 0.717) is 0 Å². The van der Waals surface area contributed by atoms with Crippen LogP contribution in [0.3, 0.4) is 0 Å². The Morgan fingerprint density at radius 1 is 1.53 bits per heavy atom. The monoisotopic (exact) mass is 251 g/mol. The van der Waals surface area contributed by atoms with Crippen LogP contribution in [-0.2, 0) is 11.8 Å². The van der Waals surface area contributed by atoms with Crippen molar-refractivity contribution in [2.75, 3.05) is 5.32 Å². The molecule has 0 bridgehead atoms. The van der Waals surface area contributed by atoms with E-state index in [9.17, 15) is 4.79 Å². The number of nitrogens with zero attached hydrogens (tertiary/aromatic N) is 2. The molecule has 1 unspecified atom stereocenters. The number of amides is 1. The predicted molar refractivity (Wildman–Crippen MR) is 63.9 cm³/mol. The molecule has 0 saturated heterocycles. The maximum absolute atomic E-state index is 11.3. The molecule has 0 radical (unpaired) electrons. The van der Waals surface area contributed by atoms with Crippen molar-refractivity contribution in [1.29, 1.82) is 0 Å². The number of halogens is 2. The summed E-state index contributed by atoms with van der Waals surface area (Å²) in [6, 6.07) is 0. The summed E-state index contributed by atoms with van der Waals surface area (Å²) in [6.07, 6.45) is 0. The molecule has 0 aliphatic rings. The number of alkyl halides is 1. The molecule has 1 N–H and O–H groups in total. The first kappa shape index (κ1) is 14.3. The van der Waals surface area contributed by atoms with Gasteiger partial charge < -0.3 is 5.32 Å². The van der Waals surface area contributed by atoms with Gasteiger partial charge in [0.15, 0.2) is 0 Å². The molecule has 0 spiro atoms. The molecule has 0 aromatic carbocycles. The number of hydrogen-bond acceptors (Lipinski definition) is 2. The molecule has 1 atom stereocenters. The molecule has 15 heavy (non-hydrogen) atoms. The molecule has 4 nitrogen and oxygen atoms in total. The summed E-state index contributed by atoms with van der Waals surface area (Å²) in [5, 5.41) is 6.39. The van der Waals surface area contributed by atoms with E-state index in [2.05, 4.69) is 10.4 Å². The SMILES string of the molecule is Cc1nn(C)c(C)c1NC(=O)C(C)Cl.Cl. The van der Waals surface area contributed by atoms with Crippen LogP contribution in [0.1, 0.15) is 18.3 Å². The van der Waals surface area contributed by atoms with Crippen LogP contribution in [0.2, 0.25) is 0 Å². The quantitative estimate of drug-likeness (QED) is 0.818. The number of rotatable bonds is 2. The van der Waals surface area contributed by atoms with Crippen LogP contribution in [0.25, 0.3) is 0 Å². The van der Waals surface area contributed by atoms with Gasteiger partial charge in [0.25, 0.3) is 0 Å². The zero-order valence-corrected chi connectivity index (χ0v) is 10.7. The van der Waals surface area contributed by atoms with Crippen LogP contribution in [0.5, 0.6) is 0 Å². The highest BCUT2D eigenvalue weighted by Crippen LogP contribution is 2.18. The van der Waals surface area contributed by atoms with Crippen LogP contribution in [-0.4, -0.2) is 21.1 Å². The third-order valence-corrected chi connectivity index (χ3v) is 2.32. The molecule has 1 aromatic heterocycles. The number of aromatic nitrogens is 2. The summed E-state index contributed by atoms with van der Waals surface area (Å²) < 4.78 is 1.73. The van der Waals surface area contributed by atoms with Crippen molar-refractivity contribution < 1.29 is 4.79 Å². The van der Waals surface area contributed by atoms with E-state index in [1.54, 1.807) is 11.6 Å². The summed E-state index contributed by atoms with van der Waals surface area (Å²) >= 11 is 5.65. The lowest BCUT2D eigenvalue weighted by molar-refractivity contribution is -0.115. The van der Waals surface area contributed by atoms with E-state index < -0.39 is 5.38 Å². The Labute approximate surface area is 100 Å². The molecule has 0 saturated carbocycles. The Bertz CT molecular complexity index is 360. The number of hydrogen-bond donors (Lipinski definition) is 1. The van der Waals surface area contributed by atoms with Crippen LogP contribution in [0, 0.1) is 13.8 Å². The van der Waals surface area contributed by atoms with Gasteiger partial charge in [0.05, 0.1) is 17.1 Å². The van der Waals surface area contributed by atoms with Gasteiger partial charge in [0.1, 0.15) is 5.38 Å². The maximum atomic E-state index is 11.3. The number of carbonyl (C=O) groups excluding carboxylic acids is 1. The van der Waals surface area contributed by atoms with Gasteiger partial charge in [-0.05, 0) is 20.8 Å². The normalized spacial score (nSPS) is 11.8. The summed E-state index contributed by atoms with van der Waals surface area (Å²) in [5.41, 5.74) is 2.48. The van der Waals surface area contributed by atoms with Gasteiger partial charge >= 0.3 is 0 Å². The van der Waals surface area contributed by atoms with Gasteiger partial charge in [0.2, 0.25) is 5.91 Å². The van der Waals surface area contributed by atoms with Gasteiger partial charge in [-0.15, -0.1) is 24.0 Å². The number of anilines is 1. The highest BCUT2D eigenvalue weighted by molar-refractivity contribution is 6.32. The lowest BCUT2D eigenvalue weighted by Gasteiger charge is -2.06. The largest absolute Gasteiger partial charge is 0.322 e. The van der Waals surface area contributed by atoms with Gasteiger partial charge in [-0.25, -0.2) is 0 Å². The van der Waals surface area contributed by atoms with E-state index in [-0.39, 0.29) is 18.3 Å². The summed E-state index contributed by atoms with van der Waals surface area (Å²) in [5.74, 6) is -0.203. The molecule has 86 valence electrons. The van der Waals surface area contributed by atoms with Crippen LogP contribution in [0.4, 0.5) is 5.69 Å². The Kier molecular flexibility index (Phi) is 5.11. The number of nitrogens with one attached hydrogen (secondary N) is 1. The smallest absolute Gasteiger partial charge is 0.242 e.